The highest BCUT2D eigenvalue weighted by molar-refractivity contribution is 5.94. The average Bonchev–Trinajstić information content (AvgIpc) is 3.77. The van der Waals surface area contributed by atoms with Crippen LogP contribution in [0.1, 0.15) is 29.3 Å². The molecule has 0 aliphatic rings. The van der Waals surface area contributed by atoms with Gasteiger partial charge in [-0.05, 0) is 29.7 Å². The molecule has 3 atom stereocenters. The third-order valence-corrected chi connectivity index (χ3v) is 7.70. The summed E-state index contributed by atoms with van der Waals surface area (Å²) < 4.78 is 10.7. The smallest absolute Gasteiger partial charge is 0.408 e. The number of nitrogens with one attached hydrogen (secondary N) is 5. The number of amides is 3. The largest absolute Gasteiger partial charge is 0.464 e. The number of para-hydroxylation sites is 1. The molecule has 2 heterocycles. The number of nitrogens with zero attached hydrogens (tertiary/aromatic N) is 1. The molecule has 0 unspecified atom stereocenters. The van der Waals surface area contributed by atoms with Crippen LogP contribution < -0.4 is 16.0 Å². The fourth-order valence-corrected chi connectivity index (χ4v) is 5.29. The lowest BCUT2D eigenvalue weighted by molar-refractivity contribution is -0.147. The van der Waals surface area contributed by atoms with Gasteiger partial charge in [0.15, 0.2) is 0 Å². The summed E-state index contributed by atoms with van der Waals surface area (Å²) in [5, 5.41) is 9.18. The Balaban J connectivity index is 1.34. The predicted molar refractivity (Wildman–Crippen MR) is 178 cm³/mol. The number of ether oxygens (including phenoxy) is 2. The fraction of sp³-hybridized carbons (Fsp3) is 0.250. The summed E-state index contributed by atoms with van der Waals surface area (Å²) in [5.74, 6) is -1.81. The number of imidazole rings is 1. The van der Waals surface area contributed by atoms with Gasteiger partial charge in [-0.25, -0.2) is 14.6 Å². The highest BCUT2D eigenvalue weighted by Crippen LogP contribution is 2.20. The number of carbonyl (C=O) groups is 4. The van der Waals surface area contributed by atoms with Gasteiger partial charge in [0.05, 0.1) is 12.9 Å². The van der Waals surface area contributed by atoms with E-state index in [-0.39, 0.29) is 32.5 Å². The molecule has 5 rings (SSSR count). The monoisotopic (exact) mass is 650 g/mol. The molecule has 0 fully saturated rings. The van der Waals surface area contributed by atoms with Gasteiger partial charge >= 0.3 is 12.1 Å². The molecule has 5 aromatic rings. The number of hydrogen-bond acceptors (Lipinski definition) is 7. The van der Waals surface area contributed by atoms with Crippen LogP contribution >= 0.6 is 0 Å². The highest BCUT2D eigenvalue weighted by Gasteiger charge is 2.31. The molecule has 48 heavy (non-hydrogen) atoms. The van der Waals surface area contributed by atoms with Gasteiger partial charge in [0, 0.05) is 48.3 Å². The van der Waals surface area contributed by atoms with Crippen LogP contribution in [0.25, 0.3) is 10.9 Å². The number of H-pyrrole nitrogens is 2. The average molecular weight is 651 g/mol. The molecule has 0 bridgehead atoms. The van der Waals surface area contributed by atoms with Crippen molar-refractivity contribution in [2.75, 3.05) is 6.61 Å². The third kappa shape index (κ3) is 9.32. The Labute approximate surface area is 277 Å². The first kappa shape index (κ1) is 33.5. The van der Waals surface area contributed by atoms with E-state index < -0.39 is 42.0 Å². The van der Waals surface area contributed by atoms with E-state index in [1.807, 2.05) is 84.9 Å². The van der Waals surface area contributed by atoms with E-state index >= 15 is 0 Å². The highest BCUT2D eigenvalue weighted by atomic mass is 16.5. The van der Waals surface area contributed by atoms with Crippen LogP contribution in [0.4, 0.5) is 4.79 Å². The van der Waals surface area contributed by atoms with Gasteiger partial charge in [0.2, 0.25) is 11.8 Å². The molecule has 12 nitrogen and oxygen atoms in total. The van der Waals surface area contributed by atoms with Crippen LogP contribution in [-0.2, 0) is 49.7 Å². The number of esters is 1. The maximum Gasteiger partial charge on any atom is 0.408 e. The number of benzene rings is 3. The van der Waals surface area contributed by atoms with Crippen molar-refractivity contribution in [2.45, 2.75) is 50.9 Å². The minimum atomic E-state index is -1.12. The van der Waals surface area contributed by atoms with E-state index in [1.54, 1.807) is 19.3 Å². The number of fused-ring (bicyclic) bond motifs is 1. The minimum Gasteiger partial charge on any atom is -0.464 e. The third-order valence-electron chi connectivity index (χ3n) is 7.70. The topological polar surface area (TPSA) is 167 Å². The maximum absolute atomic E-state index is 13.9. The number of hydrogen-bond donors (Lipinski definition) is 5. The van der Waals surface area contributed by atoms with E-state index in [2.05, 4.69) is 30.9 Å². The van der Waals surface area contributed by atoms with E-state index in [1.165, 1.54) is 6.33 Å². The van der Waals surface area contributed by atoms with Crippen molar-refractivity contribution in [3.63, 3.8) is 0 Å². The quantitative estimate of drug-likeness (QED) is 0.108. The first-order valence-corrected chi connectivity index (χ1v) is 15.7. The standard InChI is InChI=1S/C36H38N6O6/c1-2-47-35(45)32(18-26-20-38-29-16-10-9-15-28(26)29)41-33(43)30(17-24-11-5-3-6-12-24)40-34(44)31(19-27-21-37-23-39-27)42-36(46)48-22-25-13-7-4-8-14-25/h3-16,20-21,23,30-32,38H,2,17-19,22H2,1H3,(H,37,39)(H,40,44)(H,41,43)(H,42,46)/t30-,31+,32-/m0/s1. The van der Waals surface area contributed by atoms with E-state index in [9.17, 15) is 19.2 Å². The number of aromatic amines is 2. The maximum atomic E-state index is 13.9. The van der Waals surface area contributed by atoms with Gasteiger partial charge < -0.3 is 35.4 Å². The SMILES string of the molecule is CCOC(=O)[C@H](Cc1c[nH]c2ccccc12)NC(=O)[C@H](Cc1ccccc1)NC(=O)[C@@H](Cc1cnc[nH]1)NC(=O)OCc1ccccc1. The van der Waals surface area contributed by atoms with Crippen molar-refractivity contribution in [3.8, 4) is 0 Å². The van der Waals surface area contributed by atoms with Crippen LogP contribution in [0.2, 0.25) is 0 Å². The summed E-state index contributed by atoms with van der Waals surface area (Å²) in [5.41, 5.74) is 3.87. The molecule has 0 aliphatic carbocycles. The second-order valence-electron chi connectivity index (χ2n) is 11.2. The number of alkyl carbamates (subject to hydrolysis) is 1. The summed E-state index contributed by atoms with van der Waals surface area (Å²) in [6.45, 7) is 1.83. The number of rotatable bonds is 15. The summed E-state index contributed by atoms with van der Waals surface area (Å²) in [4.78, 5) is 63.8. The number of carbonyl (C=O) groups excluding carboxylic acids is 4. The molecule has 2 aromatic heterocycles. The molecule has 3 aromatic carbocycles. The van der Waals surface area contributed by atoms with E-state index in [0.717, 1.165) is 27.6 Å². The van der Waals surface area contributed by atoms with Crippen LogP contribution in [-0.4, -0.2) is 63.6 Å². The second-order valence-corrected chi connectivity index (χ2v) is 11.2. The van der Waals surface area contributed by atoms with E-state index in [0.29, 0.717) is 5.69 Å². The zero-order valence-corrected chi connectivity index (χ0v) is 26.5. The molecule has 0 radical (unpaired) electrons. The Morgan fingerprint density at radius 2 is 1.35 bits per heavy atom. The first-order valence-electron chi connectivity index (χ1n) is 15.7. The van der Waals surface area contributed by atoms with Crippen molar-refractivity contribution in [2.24, 2.45) is 0 Å². The Morgan fingerprint density at radius 3 is 2.04 bits per heavy atom. The molecule has 0 aliphatic heterocycles. The molecule has 5 N–H and O–H groups in total. The Morgan fingerprint density at radius 1 is 0.708 bits per heavy atom. The Kier molecular flexibility index (Phi) is 11.6. The molecule has 12 heteroatoms. The van der Waals surface area contributed by atoms with Gasteiger partial charge in [-0.2, -0.15) is 0 Å². The lowest BCUT2D eigenvalue weighted by atomic mass is 10.0. The van der Waals surface area contributed by atoms with Gasteiger partial charge in [0.25, 0.3) is 0 Å². The molecule has 0 saturated heterocycles. The Bertz CT molecular complexity index is 1790. The van der Waals surface area contributed by atoms with Gasteiger partial charge in [-0.1, -0.05) is 78.9 Å². The van der Waals surface area contributed by atoms with Gasteiger partial charge in [0.1, 0.15) is 24.7 Å². The van der Waals surface area contributed by atoms with Crippen molar-refractivity contribution in [3.05, 3.63) is 126 Å². The van der Waals surface area contributed by atoms with Gasteiger partial charge in [-0.15, -0.1) is 0 Å². The molecule has 0 saturated carbocycles. The molecular weight excluding hydrogens is 612 g/mol. The van der Waals surface area contributed by atoms with Crippen molar-refractivity contribution in [1.82, 2.24) is 30.9 Å². The zero-order chi connectivity index (χ0) is 33.7. The van der Waals surface area contributed by atoms with Crippen molar-refractivity contribution < 1.29 is 28.7 Å². The molecular formula is C36H38N6O6. The van der Waals surface area contributed by atoms with E-state index in [4.69, 9.17) is 9.47 Å². The van der Waals surface area contributed by atoms with Gasteiger partial charge in [-0.3, -0.25) is 9.59 Å². The second kappa shape index (κ2) is 16.6. The zero-order valence-electron chi connectivity index (χ0n) is 26.5. The number of aromatic nitrogens is 3. The lowest BCUT2D eigenvalue weighted by Crippen LogP contribution is -2.57. The van der Waals surface area contributed by atoms with Crippen molar-refractivity contribution in [1.29, 1.82) is 0 Å². The Hall–Kier alpha value is -5.91. The van der Waals surface area contributed by atoms with Crippen LogP contribution in [0.3, 0.4) is 0 Å². The first-order chi connectivity index (χ1) is 23.4. The predicted octanol–water partition coefficient (Wildman–Crippen LogP) is 3.75. The summed E-state index contributed by atoms with van der Waals surface area (Å²) in [6, 6.07) is 22.7. The van der Waals surface area contributed by atoms with Crippen molar-refractivity contribution >= 4 is 34.8 Å². The fourth-order valence-electron chi connectivity index (χ4n) is 5.29. The summed E-state index contributed by atoms with van der Waals surface area (Å²) in [6.07, 6.45) is 4.34. The van der Waals surface area contributed by atoms with Crippen LogP contribution in [0.5, 0.6) is 0 Å². The molecule has 3 amide bonds. The van der Waals surface area contributed by atoms with Crippen LogP contribution in [0, 0.1) is 0 Å². The lowest BCUT2D eigenvalue weighted by Gasteiger charge is -2.25. The summed E-state index contributed by atoms with van der Waals surface area (Å²) in [7, 11) is 0. The minimum absolute atomic E-state index is 0.00971. The normalized spacial score (nSPS) is 12.8. The molecule has 248 valence electrons. The summed E-state index contributed by atoms with van der Waals surface area (Å²) >= 11 is 0. The molecule has 0 spiro atoms. The van der Waals surface area contributed by atoms with Crippen LogP contribution in [0.15, 0.2) is 104 Å².